The minimum absolute atomic E-state index is 0.0604. The summed E-state index contributed by atoms with van der Waals surface area (Å²) < 4.78 is 43.7. The molecule has 2 aromatic rings. The molecule has 168 valence electrons. The second-order valence-corrected chi connectivity index (χ2v) is 9.61. The van der Waals surface area contributed by atoms with Crippen LogP contribution in [0.5, 0.6) is 17.2 Å². The zero-order valence-electron chi connectivity index (χ0n) is 17.2. The Labute approximate surface area is 184 Å². The molecule has 3 heterocycles. The van der Waals surface area contributed by atoms with Crippen molar-refractivity contribution in [1.82, 2.24) is 9.21 Å². The van der Waals surface area contributed by atoms with E-state index in [-0.39, 0.29) is 49.7 Å². The van der Waals surface area contributed by atoms with Crippen molar-refractivity contribution in [3.05, 3.63) is 42.0 Å². The highest BCUT2D eigenvalue weighted by molar-refractivity contribution is 7.89. The van der Waals surface area contributed by atoms with Crippen LogP contribution in [0, 0.1) is 0 Å². The van der Waals surface area contributed by atoms with Crippen LogP contribution in [0.1, 0.15) is 17.3 Å². The van der Waals surface area contributed by atoms with Gasteiger partial charge in [-0.3, -0.25) is 9.59 Å². The highest BCUT2D eigenvalue weighted by Crippen LogP contribution is 2.34. The lowest BCUT2D eigenvalue weighted by atomic mass is 10.1. The Morgan fingerprint density at radius 3 is 2.50 bits per heavy atom. The van der Waals surface area contributed by atoms with Crippen LogP contribution in [0.2, 0.25) is 0 Å². The minimum Gasteiger partial charge on any atom is -0.479 e. The molecule has 11 heteroatoms. The van der Waals surface area contributed by atoms with Gasteiger partial charge < -0.3 is 24.4 Å². The molecule has 2 aromatic carbocycles. The Bertz CT molecular complexity index is 1210. The number of rotatable bonds is 3. The standard InChI is InChI=1S/C21H21N3O7S/c1-13-20(25)22-16-11-15(3-5-17(16)31-13)32(27,28)24-8-6-23(7-9-24)21(26)14-2-4-18-19(10-14)30-12-29-18/h2-5,10-11,13H,6-9,12H2,1H3,(H,22,25)/t13-/m1/s1. The third-order valence-electron chi connectivity index (χ3n) is 5.67. The summed E-state index contributed by atoms with van der Waals surface area (Å²) in [6.07, 6.45) is -0.639. The summed E-state index contributed by atoms with van der Waals surface area (Å²) in [6, 6.07) is 9.40. The summed E-state index contributed by atoms with van der Waals surface area (Å²) in [6.45, 7) is 2.59. The first kappa shape index (κ1) is 20.6. The van der Waals surface area contributed by atoms with Crippen LogP contribution >= 0.6 is 0 Å². The number of amides is 2. The number of carbonyl (C=O) groups excluding carboxylic acids is 2. The predicted molar refractivity (Wildman–Crippen MR) is 112 cm³/mol. The third kappa shape index (κ3) is 3.53. The van der Waals surface area contributed by atoms with Crippen molar-refractivity contribution >= 4 is 27.5 Å². The van der Waals surface area contributed by atoms with Crippen molar-refractivity contribution in [3.8, 4) is 17.2 Å². The van der Waals surface area contributed by atoms with Gasteiger partial charge in [0.05, 0.1) is 10.6 Å². The van der Waals surface area contributed by atoms with E-state index in [4.69, 9.17) is 14.2 Å². The molecule has 0 unspecified atom stereocenters. The SMILES string of the molecule is C[C@H]1Oc2ccc(S(=O)(=O)N3CCN(C(=O)c4ccc5c(c4)OCO5)CC3)cc2NC1=O. The molecule has 1 fully saturated rings. The van der Waals surface area contributed by atoms with Crippen molar-refractivity contribution in [2.45, 2.75) is 17.9 Å². The van der Waals surface area contributed by atoms with E-state index in [1.807, 2.05) is 0 Å². The van der Waals surface area contributed by atoms with E-state index in [1.54, 1.807) is 30.0 Å². The molecule has 0 aliphatic carbocycles. The Balaban J connectivity index is 1.28. The number of carbonyl (C=O) groups is 2. The Kier molecular flexibility index (Phi) is 4.94. The summed E-state index contributed by atoms with van der Waals surface area (Å²) in [5.41, 5.74) is 0.788. The average Bonchev–Trinajstić information content (AvgIpc) is 3.27. The zero-order valence-corrected chi connectivity index (χ0v) is 18.1. The topological polar surface area (TPSA) is 114 Å². The van der Waals surface area contributed by atoms with Crippen molar-refractivity contribution in [2.24, 2.45) is 0 Å². The number of piperazine rings is 1. The molecular formula is C21H21N3O7S. The van der Waals surface area contributed by atoms with Crippen LogP contribution in [0.25, 0.3) is 0 Å². The molecule has 2 amide bonds. The number of sulfonamides is 1. The molecule has 3 aliphatic rings. The van der Waals surface area contributed by atoms with E-state index in [0.717, 1.165) is 0 Å². The van der Waals surface area contributed by atoms with Gasteiger partial charge >= 0.3 is 0 Å². The maximum atomic E-state index is 13.1. The Morgan fingerprint density at radius 2 is 1.72 bits per heavy atom. The summed E-state index contributed by atoms with van der Waals surface area (Å²) in [5, 5.41) is 2.66. The van der Waals surface area contributed by atoms with Crippen LogP contribution in [-0.4, -0.2) is 68.5 Å². The number of hydrogen-bond acceptors (Lipinski definition) is 7. The van der Waals surface area contributed by atoms with Crippen molar-refractivity contribution in [1.29, 1.82) is 0 Å². The number of anilines is 1. The molecule has 0 spiro atoms. The summed E-state index contributed by atoms with van der Waals surface area (Å²) in [4.78, 5) is 26.4. The average molecular weight is 459 g/mol. The first-order chi connectivity index (χ1) is 15.3. The van der Waals surface area contributed by atoms with Crippen molar-refractivity contribution in [3.63, 3.8) is 0 Å². The number of fused-ring (bicyclic) bond motifs is 2. The third-order valence-corrected chi connectivity index (χ3v) is 7.56. The highest BCUT2D eigenvalue weighted by atomic mass is 32.2. The lowest BCUT2D eigenvalue weighted by Crippen LogP contribution is -2.50. The molecule has 10 nitrogen and oxygen atoms in total. The van der Waals surface area contributed by atoms with Crippen LogP contribution in [0.15, 0.2) is 41.3 Å². The van der Waals surface area contributed by atoms with Gasteiger partial charge in [-0.05, 0) is 43.3 Å². The first-order valence-electron chi connectivity index (χ1n) is 10.1. The van der Waals surface area contributed by atoms with E-state index in [1.165, 1.54) is 22.5 Å². The van der Waals surface area contributed by atoms with E-state index < -0.39 is 16.1 Å². The second-order valence-electron chi connectivity index (χ2n) is 7.67. The molecule has 5 rings (SSSR count). The van der Waals surface area contributed by atoms with Gasteiger partial charge in [-0.2, -0.15) is 4.31 Å². The monoisotopic (exact) mass is 459 g/mol. The molecule has 32 heavy (non-hydrogen) atoms. The van der Waals surface area contributed by atoms with Crippen LogP contribution in [0.4, 0.5) is 5.69 Å². The first-order valence-corrected chi connectivity index (χ1v) is 11.6. The molecule has 3 aliphatic heterocycles. The molecule has 0 bridgehead atoms. The summed E-state index contributed by atoms with van der Waals surface area (Å²) in [7, 11) is -3.80. The van der Waals surface area contributed by atoms with Gasteiger partial charge in [-0.25, -0.2) is 8.42 Å². The summed E-state index contributed by atoms with van der Waals surface area (Å²) in [5.74, 6) is 1.02. The summed E-state index contributed by atoms with van der Waals surface area (Å²) >= 11 is 0. The van der Waals surface area contributed by atoms with Crippen LogP contribution < -0.4 is 19.5 Å². The number of hydrogen-bond donors (Lipinski definition) is 1. The fourth-order valence-corrected chi connectivity index (χ4v) is 5.29. The Morgan fingerprint density at radius 1 is 1.00 bits per heavy atom. The maximum Gasteiger partial charge on any atom is 0.265 e. The fourth-order valence-electron chi connectivity index (χ4n) is 3.84. The van der Waals surface area contributed by atoms with E-state index >= 15 is 0 Å². The highest BCUT2D eigenvalue weighted by Gasteiger charge is 2.32. The molecular weight excluding hydrogens is 438 g/mol. The van der Waals surface area contributed by atoms with Gasteiger partial charge in [-0.15, -0.1) is 0 Å². The number of nitrogens with zero attached hydrogens (tertiary/aromatic N) is 2. The minimum atomic E-state index is -3.80. The number of nitrogens with one attached hydrogen (secondary N) is 1. The number of benzene rings is 2. The van der Waals surface area contributed by atoms with Gasteiger partial charge in [0.2, 0.25) is 16.8 Å². The molecule has 1 saturated heterocycles. The fraction of sp³-hybridized carbons (Fsp3) is 0.333. The van der Waals surface area contributed by atoms with E-state index in [9.17, 15) is 18.0 Å². The Hall–Kier alpha value is -3.31. The lowest BCUT2D eigenvalue weighted by Gasteiger charge is -2.34. The normalized spacial score (nSPS) is 20.3. The number of ether oxygens (including phenoxy) is 3. The molecule has 1 N–H and O–H groups in total. The van der Waals surface area contributed by atoms with Gasteiger partial charge in [0.1, 0.15) is 5.75 Å². The smallest absolute Gasteiger partial charge is 0.265 e. The van der Waals surface area contributed by atoms with Gasteiger partial charge in [-0.1, -0.05) is 0 Å². The molecule has 1 atom stereocenters. The van der Waals surface area contributed by atoms with Gasteiger partial charge in [0.25, 0.3) is 11.8 Å². The van der Waals surface area contributed by atoms with E-state index in [0.29, 0.717) is 28.5 Å². The van der Waals surface area contributed by atoms with Crippen LogP contribution in [0.3, 0.4) is 0 Å². The zero-order chi connectivity index (χ0) is 22.5. The molecule has 0 radical (unpaired) electrons. The van der Waals surface area contributed by atoms with Crippen LogP contribution in [-0.2, 0) is 14.8 Å². The molecule has 0 saturated carbocycles. The second kappa shape index (κ2) is 7.68. The lowest BCUT2D eigenvalue weighted by molar-refractivity contribution is -0.122. The van der Waals surface area contributed by atoms with Gasteiger partial charge in [0.15, 0.2) is 17.6 Å². The van der Waals surface area contributed by atoms with Crippen molar-refractivity contribution in [2.75, 3.05) is 38.3 Å². The quantitative estimate of drug-likeness (QED) is 0.735. The van der Waals surface area contributed by atoms with E-state index in [2.05, 4.69) is 5.32 Å². The van der Waals surface area contributed by atoms with Crippen molar-refractivity contribution < 1.29 is 32.2 Å². The predicted octanol–water partition coefficient (Wildman–Crippen LogP) is 1.28. The van der Waals surface area contributed by atoms with Gasteiger partial charge in [0, 0.05) is 31.7 Å². The maximum absolute atomic E-state index is 13.1. The molecule has 0 aromatic heterocycles. The largest absolute Gasteiger partial charge is 0.479 e.